The van der Waals surface area contributed by atoms with Crippen molar-refractivity contribution in [3.05, 3.63) is 52.1 Å². The van der Waals surface area contributed by atoms with E-state index in [-0.39, 0.29) is 28.5 Å². The fourth-order valence-corrected chi connectivity index (χ4v) is 5.52. The minimum atomic E-state index is -4.05. The standard InChI is InChI=1S/C20H22ClFN4O4S2/c1-3-14(32(23,29)30)11-5-4-6-12(15(11)22)16-17(13-7-8-24-19(21)25-13)31-18(26-16)20(2,9-27)10-28/h4-8,14,27-28H,3,9-10H2,1-2H3,(H2,23,29,30). The average molecular weight is 501 g/mol. The molecule has 0 spiro atoms. The summed E-state index contributed by atoms with van der Waals surface area (Å²) in [6, 6.07) is 5.93. The number of benzene rings is 1. The number of nitrogens with two attached hydrogens (primary N) is 1. The molecule has 172 valence electrons. The lowest BCUT2D eigenvalue weighted by Gasteiger charge is -2.21. The van der Waals surface area contributed by atoms with Crippen LogP contribution in [0.2, 0.25) is 5.28 Å². The minimum absolute atomic E-state index is 0.0232. The monoisotopic (exact) mass is 500 g/mol. The maximum Gasteiger partial charge on any atom is 0.222 e. The Hall–Kier alpha value is -2.02. The van der Waals surface area contributed by atoms with E-state index in [4.69, 9.17) is 16.7 Å². The molecule has 0 radical (unpaired) electrons. The molecule has 2 aromatic heterocycles. The van der Waals surface area contributed by atoms with Gasteiger partial charge in [0.05, 0.1) is 34.9 Å². The highest BCUT2D eigenvalue weighted by Gasteiger charge is 2.33. The molecule has 0 aliphatic carbocycles. The lowest BCUT2D eigenvalue weighted by atomic mass is 9.94. The van der Waals surface area contributed by atoms with Crippen LogP contribution in [0.3, 0.4) is 0 Å². The predicted molar refractivity (Wildman–Crippen MR) is 121 cm³/mol. The molecule has 1 unspecified atom stereocenters. The first-order valence-corrected chi connectivity index (χ1v) is 12.4. The second-order valence-corrected chi connectivity index (χ2v) is 10.6. The van der Waals surface area contributed by atoms with Gasteiger partial charge in [-0.1, -0.05) is 19.1 Å². The minimum Gasteiger partial charge on any atom is -0.395 e. The lowest BCUT2D eigenvalue weighted by molar-refractivity contribution is 0.129. The molecule has 0 saturated heterocycles. The van der Waals surface area contributed by atoms with Crippen molar-refractivity contribution in [2.24, 2.45) is 5.14 Å². The summed E-state index contributed by atoms with van der Waals surface area (Å²) in [5.74, 6) is -0.777. The fourth-order valence-electron chi connectivity index (χ4n) is 3.19. The highest BCUT2D eigenvalue weighted by molar-refractivity contribution is 7.89. The highest BCUT2D eigenvalue weighted by Crippen LogP contribution is 2.42. The van der Waals surface area contributed by atoms with E-state index in [0.29, 0.717) is 15.6 Å². The molecule has 2 heterocycles. The molecule has 32 heavy (non-hydrogen) atoms. The van der Waals surface area contributed by atoms with Crippen LogP contribution in [-0.2, 0) is 15.4 Å². The zero-order chi connectivity index (χ0) is 23.7. The van der Waals surface area contributed by atoms with Crippen LogP contribution in [0.5, 0.6) is 0 Å². The Morgan fingerprint density at radius 2 is 1.94 bits per heavy atom. The lowest BCUT2D eigenvalue weighted by Crippen LogP contribution is -2.30. The van der Waals surface area contributed by atoms with E-state index >= 15 is 4.39 Å². The second kappa shape index (κ2) is 9.46. The van der Waals surface area contributed by atoms with Crippen LogP contribution in [0.25, 0.3) is 21.8 Å². The van der Waals surface area contributed by atoms with Crippen LogP contribution < -0.4 is 5.14 Å². The predicted octanol–water partition coefficient (Wildman–Crippen LogP) is 3.04. The van der Waals surface area contributed by atoms with E-state index in [1.165, 1.54) is 24.4 Å². The van der Waals surface area contributed by atoms with Crippen molar-refractivity contribution < 1.29 is 23.0 Å². The summed E-state index contributed by atoms with van der Waals surface area (Å²) in [5.41, 5.74) is -0.576. The van der Waals surface area contributed by atoms with E-state index in [9.17, 15) is 18.6 Å². The SMILES string of the molecule is CCC(c1cccc(-c2nc(C(C)(CO)CO)sc2-c2ccnc(Cl)n2)c1F)S(N)(=O)=O. The molecule has 1 atom stereocenters. The van der Waals surface area contributed by atoms with Gasteiger partial charge in [0.15, 0.2) is 0 Å². The number of hydrogen-bond donors (Lipinski definition) is 3. The van der Waals surface area contributed by atoms with Gasteiger partial charge in [-0.25, -0.2) is 32.9 Å². The maximum absolute atomic E-state index is 15.7. The van der Waals surface area contributed by atoms with Gasteiger partial charge >= 0.3 is 0 Å². The third-order valence-corrected chi connectivity index (χ3v) is 8.04. The smallest absolute Gasteiger partial charge is 0.222 e. The first kappa shape index (κ1) is 24.6. The zero-order valence-corrected chi connectivity index (χ0v) is 19.7. The number of aromatic nitrogens is 3. The van der Waals surface area contributed by atoms with Gasteiger partial charge in [0, 0.05) is 17.3 Å². The van der Waals surface area contributed by atoms with Gasteiger partial charge in [0.2, 0.25) is 15.3 Å². The summed E-state index contributed by atoms with van der Waals surface area (Å²) >= 11 is 7.06. The third-order valence-electron chi connectivity index (χ3n) is 5.10. The van der Waals surface area contributed by atoms with Crippen LogP contribution in [0.4, 0.5) is 4.39 Å². The number of halogens is 2. The van der Waals surface area contributed by atoms with Gasteiger partial charge < -0.3 is 10.2 Å². The summed E-state index contributed by atoms with van der Waals surface area (Å²) < 4.78 is 39.7. The average Bonchev–Trinajstić information content (AvgIpc) is 3.20. The Kier molecular flexibility index (Phi) is 7.28. The van der Waals surface area contributed by atoms with Crippen molar-refractivity contribution in [1.82, 2.24) is 15.0 Å². The third kappa shape index (κ3) is 4.68. The topological polar surface area (TPSA) is 139 Å². The van der Waals surface area contributed by atoms with Gasteiger partial charge in [-0.2, -0.15) is 0 Å². The Bertz CT molecular complexity index is 1230. The summed E-state index contributed by atoms with van der Waals surface area (Å²) in [4.78, 5) is 13.0. The fraction of sp³-hybridized carbons (Fsp3) is 0.350. The van der Waals surface area contributed by atoms with Crippen molar-refractivity contribution in [2.75, 3.05) is 13.2 Å². The number of aliphatic hydroxyl groups excluding tert-OH is 2. The van der Waals surface area contributed by atoms with Crippen LogP contribution in [0.1, 0.15) is 36.1 Å². The van der Waals surface area contributed by atoms with E-state index in [0.717, 1.165) is 11.3 Å². The Morgan fingerprint density at radius 3 is 2.50 bits per heavy atom. The molecule has 0 fully saturated rings. The van der Waals surface area contributed by atoms with Gasteiger partial charge in [-0.05, 0) is 37.1 Å². The van der Waals surface area contributed by atoms with Crippen molar-refractivity contribution in [1.29, 1.82) is 0 Å². The number of nitrogens with zero attached hydrogens (tertiary/aromatic N) is 3. The van der Waals surface area contributed by atoms with Gasteiger partial charge in [0.25, 0.3) is 0 Å². The van der Waals surface area contributed by atoms with Crippen molar-refractivity contribution in [3.8, 4) is 21.8 Å². The zero-order valence-electron chi connectivity index (χ0n) is 17.3. The molecular formula is C20H22ClFN4O4S2. The molecule has 1 aromatic carbocycles. The molecule has 4 N–H and O–H groups in total. The molecule has 0 amide bonds. The summed E-state index contributed by atoms with van der Waals surface area (Å²) in [6.07, 6.45) is 1.52. The summed E-state index contributed by atoms with van der Waals surface area (Å²) in [7, 11) is -4.05. The normalized spacial score (nSPS) is 13.3. The van der Waals surface area contributed by atoms with Gasteiger partial charge in [-0.15, -0.1) is 11.3 Å². The molecule has 0 saturated carbocycles. The number of thiazole rings is 1. The van der Waals surface area contributed by atoms with Crippen LogP contribution in [-0.4, -0.2) is 46.8 Å². The Balaban J connectivity index is 2.30. The molecule has 12 heteroatoms. The van der Waals surface area contributed by atoms with Gasteiger partial charge in [0.1, 0.15) is 16.1 Å². The van der Waals surface area contributed by atoms with E-state index in [2.05, 4.69) is 15.0 Å². The van der Waals surface area contributed by atoms with Crippen molar-refractivity contribution in [3.63, 3.8) is 0 Å². The van der Waals surface area contributed by atoms with Crippen LogP contribution in [0, 0.1) is 5.82 Å². The van der Waals surface area contributed by atoms with Gasteiger partial charge in [-0.3, -0.25) is 0 Å². The Labute approximate surface area is 194 Å². The van der Waals surface area contributed by atoms with E-state index in [1.807, 2.05) is 0 Å². The largest absolute Gasteiger partial charge is 0.395 e. The molecule has 0 aliphatic rings. The number of primary sulfonamides is 1. The van der Waals surface area contributed by atoms with Crippen molar-refractivity contribution in [2.45, 2.75) is 30.9 Å². The number of aliphatic hydroxyl groups is 2. The van der Waals surface area contributed by atoms with E-state index < -0.39 is 39.7 Å². The first-order chi connectivity index (χ1) is 15.1. The highest BCUT2D eigenvalue weighted by atomic mass is 35.5. The Morgan fingerprint density at radius 1 is 1.25 bits per heavy atom. The number of rotatable bonds is 8. The molecule has 3 rings (SSSR count). The van der Waals surface area contributed by atoms with E-state index in [1.54, 1.807) is 19.9 Å². The molecule has 0 bridgehead atoms. The number of hydrogen-bond acceptors (Lipinski definition) is 8. The van der Waals surface area contributed by atoms with Crippen molar-refractivity contribution >= 4 is 33.0 Å². The summed E-state index contributed by atoms with van der Waals surface area (Å²) in [5, 5.41) is 24.1. The second-order valence-electron chi connectivity index (χ2n) is 7.48. The molecule has 0 aliphatic heterocycles. The molecular weight excluding hydrogens is 479 g/mol. The van der Waals surface area contributed by atoms with Crippen LogP contribution >= 0.6 is 22.9 Å². The maximum atomic E-state index is 15.7. The number of sulfonamides is 1. The summed E-state index contributed by atoms with van der Waals surface area (Å²) in [6.45, 7) is 2.43. The first-order valence-electron chi connectivity index (χ1n) is 9.58. The quantitative estimate of drug-likeness (QED) is 0.404. The van der Waals surface area contributed by atoms with Crippen LogP contribution in [0.15, 0.2) is 30.5 Å². The molecule has 3 aromatic rings. The molecule has 8 nitrogen and oxygen atoms in total.